The predicted octanol–water partition coefficient (Wildman–Crippen LogP) is 5.11. The molecule has 11 heteroatoms. The van der Waals surface area contributed by atoms with Gasteiger partial charge in [-0.2, -0.15) is 0 Å². The largest absolute Gasteiger partial charge is 0.508 e. The first-order valence-corrected chi connectivity index (χ1v) is 15.0. The van der Waals surface area contributed by atoms with E-state index in [1.165, 1.54) is 45.0 Å². The van der Waals surface area contributed by atoms with E-state index < -0.39 is 41.3 Å². The minimum atomic E-state index is -1.57. The number of carbonyl (C=O) groups is 4. The number of carbonyl (C=O) groups excluding carboxylic acids is 4. The summed E-state index contributed by atoms with van der Waals surface area (Å²) in [6.45, 7) is 3.10. The number of amides is 1. The maximum atomic E-state index is 13.6. The first-order valence-electron chi connectivity index (χ1n) is 15.0. The topological polar surface area (TPSA) is 140 Å². The lowest BCUT2D eigenvalue weighted by atomic mass is 9.78. The van der Waals surface area contributed by atoms with Gasteiger partial charge >= 0.3 is 17.9 Å². The molecule has 0 aliphatic carbocycles. The van der Waals surface area contributed by atoms with Gasteiger partial charge in [0, 0.05) is 26.5 Å². The van der Waals surface area contributed by atoms with E-state index in [4.69, 9.17) is 14.2 Å². The number of rotatable bonds is 14. The molecule has 0 radical (unpaired) electrons. The van der Waals surface area contributed by atoms with Crippen molar-refractivity contribution >= 4 is 29.5 Å². The highest BCUT2D eigenvalue weighted by Crippen LogP contribution is 2.47. The van der Waals surface area contributed by atoms with Gasteiger partial charge < -0.3 is 29.3 Å². The van der Waals surface area contributed by atoms with Crippen LogP contribution in [-0.2, 0) is 39.8 Å². The SMILES string of the molecule is CC(=O)OCC(O)(CCc1ccc([C@@H]2[C@@H](CC[C@H](OC(C)=O)c3ccc(F)cc3)C(=O)N2c2ccc(O)cc2)cc1)COC(C)=O. The molecule has 0 unspecified atom stereocenters. The van der Waals surface area contributed by atoms with Gasteiger partial charge in [0.05, 0.1) is 12.0 Å². The number of aromatic hydroxyl groups is 1. The third-order valence-electron chi connectivity index (χ3n) is 7.92. The van der Waals surface area contributed by atoms with Gasteiger partial charge in [0.15, 0.2) is 0 Å². The average molecular weight is 636 g/mol. The molecule has 10 nitrogen and oxygen atoms in total. The minimum Gasteiger partial charge on any atom is -0.508 e. The first kappa shape index (κ1) is 34.1. The number of nitrogens with zero attached hydrogens (tertiary/aromatic N) is 1. The van der Waals surface area contributed by atoms with Gasteiger partial charge in [-0.25, -0.2) is 4.39 Å². The molecule has 3 atom stereocenters. The molecule has 1 saturated heterocycles. The lowest BCUT2D eigenvalue weighted by Crippen LogP contribution is -2.55. The molecular weight excluding hydrogens is 597 g/mol. The van der Waals surface area contributed by atoms with Crippen LogP contribution in [0.15, 0.2) is 72.8 Å². The molecule has 3 aromatic rings. The van der Waals surface area contributed by atoms with E-state index in [1.807, 2.05) is 24.3 Å². The summed E-state index contributed by atoms with van der Waals surface area (Å²) in [4.78, 5) is 49.7. The maximum Gasteiger partial charge on any atom is 0.303 e. The van der Waals surface area contributed by atoms with Crippen molar-refractivity contribution in [2.24, 2.45) is 5.92 Å². The Bertz CT molecular complexity index is 1510. The predicted molar refractivity (Wildman–Crippen MR) is 165 cm³/mol. The van der Waals surface area contributed by atoms with Crippen LogP contribution in [0.5, 0.6) is 5.75 Å². The Labute approximate surface area is 266 Å². The molecular formula is C35H38FNO9. The smallest absolute Gasteiger partial charge is 0.303 e. The molecule has 244 valence electrons. The summed E-state index contributed by atoms with van der Waals surface area (Å²) in [6, 6.07) is 19.2. The van der Waals surface area contributed by atoms with E-state index in [2.05, 4.69) is 0 Å². The number of halogens is 1. The number of benzene rings is 3. The Balaban J connectivity index is 1.53. The Kier molecular flexibility index (Phi) is 11.1. The van der Waals surface area contributed by atoms with Crippen molar-refractivity contribution in [3.8, 4) is 5.75 Å². The van der Waals surface area contributed by atoms with Crippen molar-refractivity contribution in [1.82, 2.24) is 0 Å². The number of ether oxygens (including phenoxy) is 3. The van der Waals surface area contributed by atoms with Crippen LogP contribution in [0.3, 0.4) is 0 Å². The number of anilines is 1. The Morgan fingerprint density at radius 3 is 2.00 bits per heavy atom. The summed E-state index contributed by atoms with van der Waals surface area (Å²) < 4.78 is 29.1. The summed E-state index contributed by atoms with van der Waals surface area (Å²) in [5.74, 6) is -2.53. The van der Waals surface area contributed by atoms with Crippen molar-refractivity contribution in [3.63, 3.8) is 0 Å². The van der Waals surface area contributed by atoms with E-state index in [0.717, 1.165) is 11.1 Å². The molecule has 0 saturated carbocycles. The molecule has 1 aliphatic rings. The number of phenols is 1. The summed E-state index contributed by atoms with van der Waals surface area (Å²) >= 11 is 0. The first-order chi connectivity index (χ1) is 21.8. The highest BCUT2D eigenvalue weighted by atomic mass is 19.1. The second-order valence-corrected chi connectivity index (χ2v) is 11.5. The number of β-lactam (4-membered cyclic amide) rings is 1. The Morgan fingerprint density at radius 2 is 1.46 bits per heavy atom. The van der Waals surface area contributed by atoms with Crippen LogP contribution in [0.2, 0.25) is 0 Å². The third-order valence-corrected chi connectivity index (χ3v) is 7.92. The molecule has 3 aromatic carbocycles. The zero-order chi connectivity index (χ0) is 33.4. The van der Waals surface area contributed by atoms with Gasteiger partial charge in [0.25, 0.3) is 0 Å². The van der Waals surface area contributed by atoms with Crippen molar-refractivity contribution in [2.75, 3.05) is 18.1 Å². The van der Waals surface area contributed by atoms with Crippen molar-refractivity contribution in [2.45, 2.75) is 64.2 Å². The van der Waals surface area contributed by atoms with Gasteiger partial charge in [0.1, 0.15) is 36.5 Å². The number of aliphatic hydroxyl groups is 1. The summed E-state index contributed by atoms with van der Waals surface area (Å²) in [7, 11) is 0. The van der Waals surface area contributed by atoms with Crippen LogP contribution >= 0.6 is 0 Å². The molecule has 1 aliphatic heterocycles. The highest BCUT2D eigenvalue weighted by molar-refractivity contribution is 6.03. The number of esters is 3. The summed E-state index contributed by atoms with van der Waals surface area (Å²) in [5, 5.41) is 20.8. The number of phenolic OH excluding ortho intramolecular Hbond substituents is 1. The van der Waals surface area contributed by atoms with Gasteiger partial charge in [-0.05, 0) is 78.8 Å². The Hall–Kier alpha value is -4.77. The standard InChI is InChI=1S/C35H38FNO9/c1-22(38)44-20-35(43,21-45-23(2)39)19-18-25-4-6-27(7-5-25)33-31(34(42)37(33)29-12-14-30(41)15-13-29)16-17-32(46-24(3)40)26-8-10-28(36)11-9-26/h4-15,31-33,41,43H,16-21H2,1-3H3/t31-,32+,33-/m1/s1. The molecule has 1 heterocycles. The molecule has 0 bridgehead atoms. The van der Waals surface area contributed by atoms with Crippen LogP contribution in [-0.4, -0.2) is 52.8 Å². The second-order valence-electron chi connectivity index (χ2n) is 11.5. The molecule has 0 aromatic heterocycles. The molecule has 1 fully saturated rings. The quantitative estimate of drug-likeness (QED) is 0.141. The van der Waals surface area contributed by atoms with E-state index in [9.17, 15) is 33.8 Å². The maximum absolute atomic E-state index is 13.6. The van der Waals surface area contributed by atoms with E-state index >= 15 is 0 Å². The molecule has 2 N–H and O–H groups in total. The summed E-state index contributed by atoms with van der Waals surface area (Å²) in [6.07, 6.45) is 0.597. The van der Waals surface area contributed by atoms with Crippen LogP contribution in [0.25, 0.3) is 0 Å². The van der Waals surface area contributed by atoms with Crippen molar-refractivity contribution in [1.29, 1.82) is 0 Å². The second kappa shape index (κ2) is 15.0. The van der Waals surface area contributed by atoms with Crippen LogP contribution < -0.4 is 4.90 Å². The fourth-order valence-electron chi connectivity index (χ4n) is 5.53. The van der Waals surface area contributed by atoms with Crippen LogP contribution in [0, 0.1) is 11.7 Å². The number of hydrogen-bond acceptors (Lipinski definition) is 9. The number of aryl methyl sites for hydroxylation is 1. The molecule has 46 heavy (non-hydrogen) atoms. The fraction of sp³-hybridized carbons (Fsp3) is 0.371. The van der Waals surface area contributed by atoms with Crippen molar-refractivity contribution in [3.05, 3.63) is 95.3 Å². The molecule has 0 spiro atoms. The summed E-state index contributed by atoms with van der Waals surface area (Å²) in [5.41, 5.74) is 1.38. The fourth-order valence-corrected chi connectivity index (χ4v) is 5.53. The van der Waals surface area contributed by atoms with Gasteiger partial charge in [-0.15, -0.1) is 0 Å². The van der Waals surface area contributed by atoms with Crippen LogP contribution in [0.1, 0.15) is 68.9 Å². The Morgan fingerprint density at radius 1 is 0.870 bits per heavy atom. The molecule has 1 amide bonds. The molecule has 4 rings (SSSR count). The van der Waals surface area contributed by atoms with Crippen molar-refractivity contribution < 1.29 is 48.0 Å². The zero-order valence-electron chi connectivity index (χ0n) is 26.0. The van der Waals surface area contributed by atoms with E-state index in [0.29, 0.717) is 30.5 Å². The average Bonchev–Trinajstić information content (AvgIpc) is 3.02. The number of hydrogen-bond donors (Lipinski definition) is 2. The third kappa shape index (κ3) is 8.91. The van der Waals surface area contributed by atoms with Gasteiger partial charge in [-0.3, -0.25) is 19.2 Å². The highest BCUT2D eigenvalue weighted by Gasteiger charge is 2.48. The van der Waals surface area contributed by atoms with Gasteiger partial charge in [-0.1, -0.05) is 36.4 Å². The lowest BCUT2D eigenvalue weighted by Gasteiger charge is -2.48. The van der Waals surface area contributed by atoms with Gasteiger partial charge in [0.2, 0.25) is 5.91 Å². The van der Waals surface area contributed by atoms with Crippen LogP contribution in [0.4, 0.5) is 10.1 Å². The normalized spacial score (nSPS) is 16.7. The van der Waals surface area contributed by atoms with E-state index in [1.54, 1.807) is 29.2 Å². The monoisotopic (exact) mass is 635 g/mol. The minimum absolute atomic E-state index is 0.0695. The zero-order valence-corrected chi connectivity index (χ0v) is 26.0. The lowest BCUT2D eigenvalue weighted by molar-refractivity contribution is -0.161. The van der Waals surface area contributed by atoms with E-state index in [-0.39, 0.29) is 37.3 Å².